The summed E-state index contributed by atoms with van der Waals surface area (Å²) in [5.74, 6) is -0.381. The van der Waals surface area contributed by atoms with Crippen LogP contribution in [0.4, 0.5) is 29.3 Å². The second-order valence-electron chi connectivity index (χ2n) is 7.07. The normalized spacial score (nSPS) is 20.8. The molecule has 0 saturated carbocycles. The van der Waals surface area contributed by atoms with E-state index in [1.807, 2.05) is 6.07 Å². The number of benzene rings is 2. The average molecular weight is 508 g/mol. The lowest BCUT2D eigenvalue weighted by Gasteiger charge is -2.14. The summed E-state index contributed by atoms with van der Waals surface area (Å²) in [5.41, 5.74) is -0.267. The lowest BCUT2D eigenvalue weighted by Crippen LogP contribution is -2.29. The molecule has 2 heterocycles. The Hall–Kier alpha value is -3.32. The number of hydrogen-bond acceptors (Lipinski definition) is 7. The number of rotatable bonds is 5. The molecular weight excluding hydrogens is 491 g/mol. The van der Waals surface area contributed by atoms with Crippen molar-refractivity contribution in [2.24, 2.45) is 10.2 Å². The number of nitrogens with one attached hydrogen (secondary N) is 2. The van der Waals surface area contributed by atoms with Gasteiger partial charge in [0.1, 0.15) is 11.1 Å². The molecule has 1 unspecified atom stereocenters. The zero-order valence-electron chi connectivity index (χ0n) is 17.2. The molecule has 4 rings (SSSR count). The highest BCUT2D eigenvalue weighted by Gasteiger charge is 2.34. The maximum absolute atomic E-state index is 12.8. The fraction of sp³-hybridized carbons (Fsp3) is 0.190. The third-order valence-electron chi connectivity index (χ3n) is 4.66. The predicted octanol–water partition coefficient (Wildman–Crippen LogP) is 4.31. The summed E-state index contributed by atoms with van der Waals surface area (Å²) in [5, 5.41) is 12.2. The van der Waals surface area contributed by atoms with E-state index in [4.69, 9.17) is 0 Å². The molecule has 2 aliphatic heterocycles. The summed E-state index contributed by atoms with van der Waals surface area (Å²) in [6.07, 6.45) is -4.81. The number of carbonyl (C=O) groups excluding carboxylic acids is 3. The zero-order valence-corrected chi connectivity index (χ0v) is 18.8. The number of halogens is 3. The first-order valence-electron chi connectivity index (χ1n) is 9.82. The van der Waals surface area contributed by atoms with Crippen molar-refractivity contribution >= 4 is 63.0 Å². The van der Waals surface area contributed by atoms with Crippen LogP contribution >= 0.6 is 23.5 Å². The molecule has 0 spiro atoms. The molecule has 2 aromatic carbocycles. The maximum Gasteiger partial charge on any atom is 0.416 e. The van der Waals surface area contributed by atoms with Crippen LogP contribution < -0.4 is 15.5 Å². The van der Waals surface area contributed by atoms with E-state index in [2.05, 4.69) is 20.8 Å². The van der Waals surface area contributed by atoms with Crippen molar-refractivity contribution in [3.8, 4) is 0 Å². The quantitative estimate of drug-likeness (QED) is 0.587. The average Bonchev–Trinajstić information content (AvgIpc) is 3.34. The summed E-state index contributed by atoms with van der Waals surface area (Å²) < 4.78 is 38.5. The van der Waals surface area contributed by atoms with Crippen molar-refractivity contribution in [1.29, 1.82) is 0 Å². The van der Waals surface area contributed by atoms with Crippen LogP contribution in [-0.4, -0.2) is 39.1 Å². The van der Waals surface area contributed by atoms with Crippen LogP contribution in [0, 0.1) is 0 Å². The molecular formula is C21H16F3N5O3S2. The number of anilines is 2. The molecule has 34 heavy (non-hydrogen) atoms. The van der Waals surface area contributed by atoms with Crippen molar-refractivity contribution in [2.75, 3.05) is 16.0 Å². The van der Waals surface area contributed by atoms with Gasteiger partial charge in [-0.05, 0) is 30.3 Å². The number of hydrogen-bond donors (Lipinski definition) is 2. The van der Waals surface area contributed by atoms with E-state index in [0.717, 1.165) is 35.7 Å². The zero-order chi connectivity index (χ0) is 24.3. The second kappa shape index (κ2) is 9.89. The van der Waals surface area contributed by atoms with E-state index >= 15 is 0 Å². The van der Waals surface area contributed by atoms with E-state index in [1.165, 1.54) is 17.0 Å². The number of amidine groups is 2. The van der Waals surface area contributed by atoms with Gasteiger partial charge in [-0.3, -0.25) is 19.3 Å². The fourth-order valence-electron chi connectivity index (χ4n) is 3.11. The number of nitrogens with zero attached hydrogens (tertiary/aromatic N) is 3. The Morgan fingerprint density at radius 2 is 1.88 bits per heavy atom. The van der Waals surface area contributed by atoms with Crippen molar-refractivity contribution < 1.29 is 27.6 Å². The Morgan fingerprint density at radius 3 is 2.62 bits per heavy atom. The van der Waals surface area contributed by atoms with Gasteiger partial charge in [0.2, 0.25) is 11.8 Å². The molecule has 0 radical (unpaired) electrons. The van der Waals surface area contributed by atoms with Crippen molar-refractivity contribution in [2.45, 2.75) is 17.8 Å². The molecule has 0 bridgehead atoms. The minimum absolute atomic E-state index is 0.0204. The van der Waals surface area contributed by atoms with Crippen molar-refractivity contribution in [3.63, 3.8) is 0 Å². The lowest BCUT2D eigenvalue weighted by molar-refractivity contribution is -0.137. The monoisotopic (exact) mass is 507 g/mol. The summed E-state index contributed by atoms with van der Waals surface area (Å²) in [6, 6.07) is 13.2. The van der Waals surface area contributed by atoms with Gasteiger partial charge in [0.25, 0.3) is 5.24 Å². The molecule has 2 aromatic rings. The molecule has 1 atom stereocenters. The first-order valence-corrected chi connectivity index (χ1v) is 11.7. The van der Waals surface area contributed by atoms with E-state index in [9.17, 15) is 27.6 Å². The van der Waals surface area contributed by atoms with Crippen LogP contribution in [0.2, 0.25) is 0 Å². The van der Waals surface area contributed by atoms with Crippen LogP contribution in [0.5, 0.6) is 0 Å². The minimum atomic E-state index is -4.53. The molecule has 2 N–H and O–H groups in total. The fourth-order valence-corrected chi connectivity index (χ4v) is 4.81. The number of amides is 3. The highest BCUT2D eigenvalue weighted by Crippen LogP contribution is 2.31. The van der Waals surface area contributed by atoms with Gasteiger partial charge >= 0.3 is 6.18 Å². The Balaban J connectivity index is 1.39. The number of thioether (sulfide) groups is 2. The molecule has 0 aliphatic carbocycles. The second-order valence-corrected chi connectivity index (χ2v) is 9.19. The van der Waals surface area contributed by atoms with Crippen LogP contribution in [0.1, 0.15) is 12.0 Å². The number of para-hydroxylation sites is 1. The molecule has 2 aliphatic rings. The Labute approximate surface area is 200 Å². The largest absolute Gasteiger partial charge is 0.416 e. The highest BCUT2D eigenvalue weighted by molar-refractivity contribution is 8.15. The van der Waals surface area contributed by atoms with Gasteiger partial charge in [0.05, 0.1) is 17.0 Å². The minimum Gasteiger partial charge on any atom is -0.326 e. The van der Waals surface area contributed by atoms with Crippen molar-refractivity contribution in [1.82, 2.24) is 5.32 Å². The Bertz CT molecular complexity index is 1190. The third kappa shape index (κ3) is 5.59. The molecule has 2 fully saturated rings. The van der Waals surface area contributed by atoms with E-state index in [0.29, 0.717) is 17.3 Å². The van der Waals surface area contributed by atoms with Gasteiger partial charge in [0.15, 0.2) is 5.17 Å². The van der Waals surface area contributed by atoms with E-state index < -0.39 is 28.8 Å². The van der Waals surface area contributed by atoms with Gasteiger partial charge in [-0.15, -0.1) is 10.2 Å². The molecule has 2 saturated heterocycles. The van der Waals surface area contributed by atoms with Crippen LogP contribution in [-0.2, 0) is 15.8 Å². The smallest absolute Gasteiger partial charge is 0.326 e. The SMILES string of the molecule is O=C(CC1S/C(=N/N=C2\CSC(=O)N2c2ccccc2)NC1=O)Nc1cccc(C(F)(F)F)c1. The lowest BCUT2D eigenvalue weighted by atomic mass is 10.2. The standard InChI is InChI=1S/C21H16F3N5O3S2/c22-21(23,24)12-5-4-6-13(9-12)25-17(30)10-15-18(31)26-19(34-15)28-27-16-11-33-20(32)29(16)14-7-2-1-3-8-14/h1-9,15H,10-11H2,(H,25,30)(H,26,28,31)/b27-16+. The van der Waals surface area contributed by atoms with E-state index in [1.54, 1.807) is 24.3 Å². The van der Waals surface area contributed by atoms with Gasteiger partial charge in [-0.1, -0.05) is 47.8 Å². The molecule has 3 amide bonds. The summed E-state index contributed by atoms with van der Waals surface area (Å²) in [6.45, 7) is 0. The van der Waals surface area contributed by atoms with Gasteiger partial charge in [0, 0.05) is 12.1 Å². The molecule has 13 heteroatoms. The van der Waals surface area contributed by atoms with Crippen LogP contribution in [0.15, 0.2) is 64.8 Å². The van der Waals surface area contributed by atoms with Crippen LogP contribution in [0.25, 0.3) is 0 Å². The summed E-state index contributed by atoms with van der Waals surface area (Å²) >= 11 is 2.05. The first kappa shape index (κ1) is 23.8. The summed E-state index contributed by atoms with van der Waals surface area (Å²) in [7, 11) is 0. The van der Waals surface area contributed by atoms with Gasteiger partial charge < -0.3 is 10.6 Å². The predicted molar refractivity (Wildman–Crippen MR) is 126 cm³/mol. The summed E-state index contributed by atoms with van der Waals surface area (Å²) in [4.78, 5) is 38.2. The maximum atomic E-state index is 12.8. The highest BCUT2D eigenvalue weighted by atomic mass is 32.2. The van der Waals surface area contributed by atoms with Gasteiger partial charge in [-0.2, -0.15) is 13.2 Å². The number of carbonyl (C=O) groups is 3. The Kier molecular flexibility index (Phi) is 6.93. The molecule has 176 valence electrons. The molecule has 0 aromatic heterocycles. The Morgan fingerprint density at radius 1 is 1.12 bits per heavy atom. The van der Waals surface area contributed by atoms with Crippen molar-refractivity contribution in [3.05, 3.63) is 60.2 Å². The topological polar surface area (TPSA) is 103 Å². The van der Waals surface area contributed by atoms with Crippen LogP contribution in [0.3, 0.4) is 0 Å². The number of alkyl halides is 3. The first-order chi connectivity index (χ1) is 16.2. The molecule has 8 nitrogen and oxygen atoms in total. The van der Waals surface area contributed by atoms with Gasteiger partial charge in [-0.25, -0.2) is 0 Å². The third-order valence-corrected chi connectivity index (χ3v) is 6.56. The van der Waals surface area contributed by atoms with E-state index in [-0.39, 0.29) is 22.5 Å².